The third-order valence-electron chi connectivity index (χ3n) is 5.92. The molecule has 0 aromatic heterocycles. The van der Waals surface area contributed by atoms with Gasteiger partial charge in [0, 0.05) is 6.92 Å². The molecule has 190 valence electrons. The van der Waals surface area contributed by atoms with Crippen LogP contribution in [0.5, 0.6) is 0 Å². The van der Waals surface area contributed by atoms with Gasteiger partial charge in [-0.15, -0.1) is 11.6 Å². The molecule has 36 heavy (non-hydrogen) atoms. The first kappa shape index (κ1) is 26.3. The van der Waals surface area contributed by atoms with Gasteiger partial charge in [-0.25, -0.2) is 0 Å². The minimum atomic E-state index is -0.744. The van der Waals surface area contributed by atoms with E-state index in [-0.39, 0.29) is 12.5 Å². The van der Waals surface area contributed by atoms with Gasteiger partial charge in [-0.2, -0.15) is 0 Å². The number of benzene rings is 3. The molecular weight excluding hydrogens is 478 g/mol. The maximum atomic E-state index is 11.9. The van der Waals surface area contributed by atoms with E-state index in [4.69, 9.17) is 30.5 Å². The molecule has 1 saturated heterocycles. The van der Waals surface area contributed by atoms with Crippen LogP contribution in [0, 0.1) is 0 Å². The van der Waals surface area contributed by atoms with Crippen LogP contribution in [0.4, 0.5) is 0 Å². The summed E-state index contributed by atoms with van der Waals surface area (Å²) in [5, 5.41) is 2.14. The first-order chi connectivity index (χ1) is 17.6. The molecule has 0 bridgehead atoms. The summed E-state index contributed by atoms with van der Waals surface area (Å²) in [5.74, 6) is -0.236. The maximum Gasteiger partial charge on any atom is 0.218 e. The number of alkyl halides is 1. The third-order valence-corrected chi connectivity index (χ3v) is 6.40. The van der Waals surface area contributed by atoms with Crippen molar-refractivity contribution < 1.29 is 23.7 Å². The summed E-state index contributed by atoms with van der Waals surface area (Å²) in [6.07, 6.45) is -2.32. The number of halogens is 1. The molecule has 5 atom stereocenters. The summed E-state index contributed by atoms with van der Waals surface area (Å²) in [6, 6.07) is 29.7. The van der Waals surface area contributed by atoms with Crippen LogP contribution in [0.25, 0.3) is 0 Å². The zero-order valence-corrected chi connectivity index (χ0v) is 21.1. The fourth-order valence-electron chi connectivity index (χ4n) is 4.14. The van der Waals surface area contributed by atoms with Crippen molar-refractivity contribution in [3.63, 3.8) is 0 Å². The minimum absolute atomic E-state index is 0.236. The van der Waals surface area contributed by atoms with Gasteiger partial charge in [0.25, 0.3) is 0 Å². The largest absolute Gasteiger partial charge is 0.374 e. The number of rotatable bonds is 11. The molecule has 3 aromatic carbocycles. The molecule has 7 heteroatoms. The van der Waals surface area contributed by atoms with E-state index >= 15 is 0 Å². The quantitative estimate of drug-likeness (QED) is 0.375. The fraction of sp³-hybridized carbons (Fsp3) is 0.345. The van der Waals surface area contributed by atoms with E-state index in [1.54, 1.807) is 0 Å². The molecule has 6 nitrogen and oxygen atoms in total. The first-order valence-corrected chi connectivity index (χ1v) is 12.5. The van der Waals surface area contributed by atoms with Crippen molar-refractivity contribution in [2.24, 2.45) is 0 Å². The first-order valence-electron chi connectivity index (χ1n) is 12.1. The summed E-state index contributed by atoms with van der Waals surface area (Å²) >= 11 is 6.85. The molecule has 1 heterocycles. The van der Waals surface area contributed by atoms with E-state index in [0.29, 0.717) is 19.8 Å². The fourth-order valence-corrected chi connectivity index (χ4v) is 4.48. The SMILES string of the molecule is CC(=O)NC1O[C@H](COCc2ccccc2)[C@@H](OCc2ccccc2)[C@H](OCc2ccccc2)C1Cl. The van der Waals surface area contributed by atoms with Crippen molar-refractivity contribution in [3.05, 3.63) is 108 Å². The van der Waals surface area contributed by atoms with Gasteiger partial charge < -0.3 is 24.3 Å². The third kappa shape index (κ3) is 7.63. The zero-order valence-electron chi connectivity index (χ0n) is 20.3. The van der Waals surface area contributed by atoms with Gasteiger partial charge in [-0.05, 0) is 16.7 Å². The highest BCUT2D eigenvalue weighted by molar-refractivity contribution is 6.21. The van der Waals surface area contributed by atoms with Crippen molar-refractivity contribution >= 4 is 17.5 Å². The molecular formula is C29H32ClNO5. The Kier molecular flexibility index (Phi) is 9.90. The standard InChI is InChI=1S/C29H32ClNO5/c1-21(32)31-29-26(30)28(35-19-24-15-9-4-10-16-24)27(34-18-23-13-7-3-8-14-23)25(36-29)20-33-17-22-11-5-2-6-12-22/h2-16,25-29H,17-20H2,1H3,(H,31,32)/t25-,26?,27-,28-,29?/m1/s1. The number of carbonyl (C=O) groups excluding carboxylic acids is 1. The summed E-state index contributed by atoms with van der Waals surface area (Å²) in [6.45, 7) is 2.83. The molecule has 1 fully saturated rings. The number of ether oxygens (including phenoxy) is 4. The number of carbonyl (C=O) groups is 1. The van der Waals surface area contributed by atoms with Gasteiger partial charge in [0.1, 0.15) is 29.9 Å². The van der Waals surface area contributed by atoms with Crippen LogP contribution < -0.4 is 5.32 Å². The topological polar surface area (TPSA) is 66.0 Å². The molecule has 1 amide bonds. The number of hydrogen-bond acceptors (Lipinski definition) is 5. The van der Waals surface area contributed by atoms with E-state index in [2.05, 4.69) is 5.32 Å². The zero-order chi connectivity index (χ0) is 25.2. The highest BCUT2D eigenvalue weighted by atomic mass is 35.5. The smallest absolute Gasteiger partial charge is 0.218 e. The Labute approximate surface area is 217 Å². The van der Waals surface area contributed by atoms with E-state index < -0.39 is 29.9 Å². The van der Waals surface area contributed by atoms with Gasteiger partial charge in [-0.3, -0.25) is 4.79 Å². The van der Waals surface area contributed by atoms with Crippen LogP contribution in [0.1, 0.15) is 23.6 Å². The van der Waals surface area contributed by atoms with Gasteiger partial charge in [0.2, 0.25) is 5.91 Å². The van der Waals surface area contributed by atoms with Crippen molar-refractivity contribution in [2.75, 3.05) is 6.61 Å². The van der Waals surface area contributed by atoms with Gasteiger partial charge in [0.15, 0.2) is 0 Å². The van der Waals surface area contributed by atoms with E-state index in [1.807, 2.05) is 91.0 Å². The molecule has 3 aromatic rings. The maximum absolute atomic E-state index is 11.9. The minimum Gasteiger partial charge on any atom is -0.374 e. The second-order valence-corrected chi connectivity index (χ2v) is 9.27. The molecule has 0 radical (unpaired) electrons. The second kappa shape index (κ2) is 13.5. The lowest BCUT2D eigenvalue weighted by Gasteiger charge is -2.44. The van der Waals surface area contributed by atoms with Crippen LogP contribution in [-0.4, -0.2) is 42.4 Å². The normalized spacial score (nSPS) is 23.8. The Balaban J connectivity index is 1.52. The highest BCUT2D eigenvalue weighted by Gasteiger charge is 2.47. The van der Waals surface area contributed by atoms with Gasteiger partial charge in [0.05, 0.1) is 26.4 Å². The van der Waals surface area contributed by atoms with Crippen LogP contribution in [0.2, 0.25) is 0 Å². The van der Waals surface area contributed by atoms with Crippen molar-refractivity contribution in [2.45, 2.75) is 56.7 Å². The predicted octanol–water partition coefficient (Wildman–Crippen LogP) is 4.84. The van der Waals surface area contributed by atoms with Gasteiger partial charge in [-0.1, -0.05) is 91.0 Å². The van der Waals surface area contributed by atoms with E-state index in [1.165, 1.54) is 6.92 Å². The monoisotopic (exact) mass is 509 g/mol. The van der Waals surface area contributed by atoms with Crippen LogP contribution >= 0.6 is 11.6 Å². The van der Waals surface area contributed by atoms with Crippen molar-refractivity contribution in [1.29, 1.82) is 0 Å². The molecule has 0 saturated carbocycles. The number of amides is 1. The van der Waals surface area contributed by atoms with E-state index in [9.17, 15) is 4.79 Å². The molecule has 0 aliphatic carbocycles. The Morgan fingerprint density at radius 2 is 1.25 bits per heavy atom. The molecule has 0 spiro atoms. The summed E-state index contributed by atoms with van der Waals surface area (Å²) in [7, 11) is 0. The average Bonchev–Trinajstić information content (AvgIpc) is 2.90. The molecule has 4 rings (SSSR count). The molecule has 1 aliphatic rings. The Hall–Kier alpha value is -2.74. The molecule has 1 aliphatic heterocycles. The van der Waals surface area contributed by atoms with Gasteiger partial charge >= 0.3 is 0 Å². The lowest BCUT2D eigenvalue weighted by atomic mass is 9.99. The molecule has 1 N–H and O–H groups in total. The lowest BCUT2D eigenvalue weighted by molar-refractivity contribution is -0.223. The Morgan fingerprint density at radius 1 is 0.778 bits per heavy atom. The Morgan fingerprint density at radius 3 is 1.75 bits per heavy atom. The second-order valence-electron chi connectivity index (χ2n) is 8.76. The lowest BCUT2D eigenvalue weighted by Crippen LogP contribution is -2.62. The Bertz CT molecular complexity index is 1050. The highest BCUT2D eigenvalue weighted by Crippen LogP contribution is 2.30. The van der Waals surface area contributed by atoms with Crippen LogP contribution in [0.3, 0.4) is 0 Å². The average molecular weight is 510 g/mol. The van der Waals surface area contributed by atoms with Crippen molar-refractivity contribution in [1.82, 2.24) is 5.32 Å². The summed E-state index contributed by atoms with van der Waals surface area (Å²) < 4.78 is 25.0. The number of hydrogen-bond donors (Lipinski definition) is 1. The molecule has 2 unspecified atom stereocenters. The summed E-state index contributed by atoms with van der Waals surface area (Å²) in [5.41, 5.74) is 3.10. The van der Waals surface area contributed by atoms with Crippen molar-refractivity contribution in [3.8, 4) is 0 Å². The predicted molar refractivity (Wildman–Crippen MR) is 138 cm³/mol. The van der Waals surface area contributed by atoms with E-state index in [0.717, 1.165) is 16.7 Å². The summed E-state index contributed by atoms with van der Waals surface area (Å²) in [4.78, 5) is 11.9. The van der Waals surface area contributed by atoms with Crippen LogP contribution in [-0.2, 0) is 43.6 Å². The number of nitrogens with one attached hydrogen (secondary N) is 1. The van der Waals surface area contributed by atoms with Crippen LogP contribution in [0.15, 0.2) is 91.0 Å².